The summed E-state index contributed by atoms with van der Waals surface area (Å²) in [5.74, 6) is 0.423. The summed E-state index contributed by atoms with van der Waals surface area (Å²) >= 11 is 0. The van der Waals surface area contributed by atoms with E-state index in [0.717, 1.165) is 12.8 Å². The maximum absolute atomic E-state index is 13.7. The predicted octanol–water partition coefficient (Wildman–Crippen LogP) is 3.29. The monoisotopic (exact) mass is 288 g/mol. The molecule has 2 aromatic rings. The number of carbonyl (C=O) groups excluding carboxylic acids is 1. The van der Waals surface area contributed by atoms with Crippen molar-refractivity contribution in [2.24, 2.45) is 0 Å². The van der Waals surface area contributed by atoms with Crippen LogP contribution in [-0.2, 0) is 13.1 Å². The molecule has 1 fully saturated rings. The molecule has 4 nitrogen and oxygen atoms in total. The summed E-state index contributed by atoms with van der Waals surface area (Å²) in [4.78, 5) is 14.0. The van der Waals surface area contributed by atoms with Crippen LogP contribution in [0.2, 0.25) is 0 Å². The van der Waals surface area contributed by atoms with E-state index in [0.29, 0.717) is 24.4 Å². The van der Waals surface area contributed by atoms with E-state index in [1.165, 1.54) is 6.07 Å². The van der Waals surface area contributed by atoms with E-state index < -0.39 is 0 Å². The van der Waals surface area contributed by atoms with Crippen molar-refractivity contribution in [2.75, 3.05) is 0 Å². The molecule has 1 aromatic carbocycles. The van der Waals surface area contributed by atoms with Gasteiger partial charge in [0.15, 0.2) is 0 Å². The molecule has 1 aromatic heterocycles. The zero-order chi connectivity index (χ0) is 14.7. The Hall–Kier alpha value is -2.30. The molecular weight excluding hydrogens is 271 g/mol. The molecule has 5 heteroatoms. The van der Waals surface area contributed by atoms with E-state index >= 15 is 0 Å². The molecule has 0 bridgehead atoms. The maximum Gasteiger partial charge on any atom is 0.318 e. The fourth-order valence-corrected chi connectivity index (χ4v) is 2.24. The minimum atomic E-state index is -0.276. The smallest absolute Gasteiger partial charge is 0.318 e. The normalized spacial score (nSPS) is 14.0. The quantitative estimate of drug-likeness (QED) is 0.917. The maximum atomic E-state index is 13.7. The van der Waals surface area contributed by atoms with Gasteiger partial charge in [0.1, 0.15) is 11.6 Å². The Labute approximate surface area is 122 Å². The van der Waals surface area contributed by atoms with Crippen LogP contribution in [0, 0.1) is 5.82 Å². The lowest BCUT2D eigenvalue weighted by Gasteiger charge is -2.23. The van der Waals surface area contributed by atoms with E-state index in [4.69, 9.17) is 4.42 Å². The van der Waals surface area contributed by atoms with Crippen molar-refractivity contribution in [1.82, 2.24) is 10.2 Å². The summed E-state index contributed by atoms with van der Waals surface area (Å²) < 4.78 is 18.9. The van der Waals surface area contributed by atoms with E-state index in [9.17, 15) is 9.18 Å². The minimum absolute atomic E-state index is 0.183. The summed E-state index contributed by atoms with van der Waals surface area (Å²) in [5, 5.41) is 2.82. The number of hydrogen-bond acceptors (Lipinski definition) is 2. The molecule has 1 saturated carbocycles. The van der Waals surface area contributed by atoms with Gasteiger partial charge >= 0.3 is 6.03 Å². The zero-order valence-corrected chi connectivity index (χ0v) is 11.6. The van der Waals surface area contributed by atoms with Gasteiger partial charge in [0, 0.05) is 11.6 Å². The largest absolute Gasteiger partial charge is 0.467 e. The minimum Gasteiger partial charge on any atom is -0.467 e. The molecule has 2 amide bonds. The summed E-state index contributed by atoms with van der Waals surface area (Å²) in [5.41, 5.74) is 0.539. The highest BCUT2D eigenvalue weighted by Crippen LogP contribution is 2.28. The second kappa shape index (κ2) is 5.99. The Bertz CT molecular complexity index is 608. The van der Waals surface area contributed by atoms with Crippen LogP contribution in [0.25, 0.3) is 0 Å². The summed E-state index contributed by atoms with van der Waals surface area (Å²) in [6, 6.07) is 10.2. The average molecular weight is 288 g/mol. The molecule has 0 spiro atoms. The molecule has 1 aliphatic rings. The van der Waals surface area contributed by atoms with Gasteiger partial charge < -0.3 is 14.6 Å². The van der Waals surface area contributed by atoms with Crippen molar-refractivity contribution in [3.05, 3.63) is 59.8 Å². The van der Waals surface area contributed by atoms with E-state index in [1.54, 1.807) is 41.5 Å². The van der Waals surface area contributed by atoms with Crippen LogP contribution in [0.3, 0.4) is 0 Å². The van der Waals surface area contributed by atoms with Gasteiger partial charge in [0.05, 0.1) is 19.4 Å². The van der Waals surface area contributed by atoms with Crippen molar-refractivity contribution < 1.29 is 13.6 Å². The lowest BCUT2D eigenvalue weighted by atomic mass is 10.2. The molecule has 1 heterocycles. The number of hydrogen-bond donors (Lipinski definition) is 1. The van der Waals surface area contributed by atoms with Gasteiger partial charge in [0.2, 0.25) is 0 Å². The third-order valence-electron chi connectivity index (χ3n) is 3.54. The SMILES string of the molecule is O=C(NCc1ccco1)N(Cc1ccccc1F)C1CC1. The standard InChI is InChI=1S/C16H17FN2O2/c17-15-6-2-1-4-12(15)11-19(13-7-8-13)16(20)18-10-14-5-3-9-21-14/h1-6,9,13H,7-8,10-11H2,(H,18,20). The first-order chi connectivity index (χ1) is 10.2. The Morgan fingerprint density at radius 1 is 1.29 bits per heavy atom. The molecule has 0 saturated heterocycles. The molecule has 0 atom stereocenters. The number of rotatable bonds is 5. The number of carbonyl (C=O) groups is 1. The number of urea groups is 1. The third kappa shape index (κ3) is 3.42. The molecule has 110 valence electrons. The Morgan fingerprint density at radius 3 is 2.76 bits per heavy atom. The van der Waals surface area contributed by atoms with Crippen LogP contribution in [0.15, 0.2) is 47.1 Å². The summed E-state index contributed by atoms with van der Waals surface area (Å²) in [6.45, 7) is 0.633. The molecule has 0 radical (unpaired) electrons. The topological polar surface area (TPSA) is 45.5 Å². The summed E-state index contributed by atoms with van der Waals surface area (Å²) in [7, 11) is 0. The number of furan rings is 1. The first-order valence-corrected chi connectivity index (χ1v) is 7.04. The number of benzene rings is 1. The van der Waals surface area contributed by atoms with Crippen molar-refractivity contribution >= 4 is 6.03 Å². The van der Waals surface area contributed by atoms with Gasteiger partial charge in [0.25, 0.3) is 0 Å². The Balaban J connectivity index is 1.64. The zero-order valence-electron chi connectivity index (χ0n) is 11.6. The summed E-state index contributed by atoms with van der Waals surface area (Å²) in [6.07, 6.45) is 3.52. The van der Waals surface area contributed by atoms with Crippen LogP contribution in [0.4, 0.5) is 9.18 Å². The average Bonchev–Trinajstić information content (AvgIpc) is 3.19. The van der Waals surface area contributed by atoms with Crippen LogP contribution in [0.5, 0.6) is 0 Å². The van der Waals surface area contributed by atoms with Gasteiger partial charge in [-0.25, -0.2) is 9.18 Å². The van der Waals surface area contributed by atoms with Crippen molar-refractivity contribution in [3.8, 4) is 0 Å². The highest BCUT2D eigenvalue weighted by Gasteiger charge is 2.33. The highest BCUT2D eigenvalue weighted by atomic mass is 19.1. The molecule has 21 heavy (non-hydrogen) atoms. The molecule has 1 N–H and O–H groups in total. The van der Waals surface area contributed by atoms with E-state index in [2.05, 4.69) is 5.32 Å². The Morgan fingerprint density at radius 2 is 2.10 bits per heavy atom. The van der Waals surface area contributed by atoms with E-state index in [-0.39, 0.29) is 17.9 Å². The molecule has 0 aliphatic heterocycles. The second-order valence-corrected chi connectivity index (χ2v) is 5.19. The van der Waals surface area contributed by atoms with Crippen LogP contribution < -0.4 is 5.32 Å². The van der Waals surface area contributed by atoms with Crippen LogP contribution in [0.1, 0.15) is 24.2 Å². The Kier molecular flexibility index (Phi) is 3.90. The molecule has 3 rings (SSSR count). The van der Waals surface area contributed by atoms with Crippen LogP contribution >= 0.6 is 0 Å². The second-order valence-electron chi connectivity index (χ2n) is 5.19. The third-order valence-corrected chi connectivity index (χ3v) is 3.54. The fraction of sp³-hybridized carbons (Fsp3) is 0.312. The lowest BCUT2D eigenvalue weighted by molar-refractivity contribution is 0.190. The van der Waals surface area contributed by atoms with Crippen LogP contribution in [-0.4, -0.2) is 17.0 Å². The van der Waals surface area contributed by atoms with Gasteiger partial charge in [-0.2, -0.15) is 0 Å². The first-order valence-electron chi connectivity index (χ1n) is 7.04. The molecule has 1 aliphatic carbocycles. The highest BCUT2D eigenvalue weighted by molar-refractivity contribution is 5.74. The molecule has 0 unspecified atom stereocenters. The van der Waals surface area contributed by atoms with Crippen molar-refractivity contribution in [2.45, 2.75) is 32.0 Å². The first kappa shape index (κ1) is 13.7. The number of amides is 2. The van der Waals surface area contributed by atoms with Gasteiger partial charge in [-0.15, -0.1) is 0 Å². The number of nitrogens with one attached hydrogen (secondary N) is 1. The van der Waals surface area contributed by atoms with Crippen molar-refractivity contribution in [1.29, 1.82) is 0 Å². The van der Waals surface area contributed by atoms with Gasteiger partial charge in [-0.05, 0) is 31.0 Å². The predicted molar refractivity (Wildman–Crippen MR) is 75.9 cm³/mol. The molecular formula is C16H17FN2O2. The number of nitrogens with zero attached hydrogens (tertiary/aromatic N) is 1. The van der Waals surface area contributed by atoms with Crippen molar-refractivity contribution in [3.63, 3.8) is 0 Å². The van der Waals surface area contributed by atoms with Gasteiger partial charge in [-0.1, -0.05) is 18.2 Å². The number of halogens is 1. The fourth-order valence-electron chi connectivity index (χ4n) is 2.24. The van der Waals surface area contributed by atoms with Gasteiger partial charge in [-0.3, -0.25) is 0 Å². The lowest BCUT2D eigenvalue weighted by Crippen LogP contribution is -2.40. The van der Waals surface area contributed by atoms with E-state index in [1.807, 2.05) is 0 Å².